The summed E-state index contributed by atoms with van der Waals surface area (Å²) in [6, 6.07) is 12.1. The fourth-order valence-corrected chi connectivity index (χ4v) is 3.86. The Labute approximate surface area is 168 Å². The number of hydrogen-bond acceptors (Lipinski definition) is 7. The summed E-state index contributed by atoms with van der Waals surface area (Å²) in [7, 11) is -3.66. The van der Waals surface area contributed by atoms with Gasteiger partial charge >= 0.3 is 0 Å². The molecule has 2 aromatic heterocycles. The normalized spacial score (nSPS) is 13.7. The number of fused-ring (bicyclic) bond motifs is 1. The summed E-state index contributed by atoms with van der Waals surface area (Å²) in [5, 5.41) is 11.3. The fraction of sp³-hybridized carbons (Fsp3) is 0.263. The zero-order valence-electron chi connectivity index (χ0n) is 15.6. The van der Waals surface area contributed by atoms with Crippen LogP contribution in [0, 0.1) is 0 Å². The predicted octanol–water partition coefficient (Wildman–Crippen LogP) is 1.82. The quantitative estimate of drug-likeness (QED) is 0.567. The van der Waals surface area contributed by atoms with Crippen molar-refractivity contribution in [1.29, 1.82) is 0 Å². The summed E-state index contributed by atoms with van der Waals surface area (Å²) in [6.07, 6.45) is 4.52. The van der Waals surface area contributed by atoms with Crippen molar-refractivity contribution >= 4 is 15.8 Å². The van der Waals surface area contributed by atoms with E-state index in [1.165, 1.54) is 12.1 Å². The van der Waals surface area contributed by atoms with E-state index in [1.54, 1.807) is 12.1 Å². The molecule has 0 aliphatic carbocycles. The van der Waals surface area contributed by atoms with Gasteiger partial charge in [0, 0.05) is 38.0 Å². The van der Waals surface area contributed by atoms with E-state index in [0.29, 0.717) is 42.9 Å². The molecule has 0 spiro atoms. The summed E-state index contributed by atoms with van der Waals surface area (Å²) >= 11 is 0. The van der Waals surface area contributed by atoms with Crippen LogP contribution in [-0.2, 0) is 10.0 Å². The zero-order chi connectivity index (χ0) is 20.1. The molecule has 0 radical (unpaired) electrons. The highest BCUT2D eigenvalue weighted by Gasteiger charge is 2.18. The molecule has 0 saturated carbocycles. The minimum absolute atomic E-state index is 0.137. The molecule has 2 N–H and O–H groups in total. The van der Waals surface area contributed by atoms with E-state index in [1.807, 2.05) is 35.2 Å². The van der Waals surface area contributed by atoms with Gasteiger partial charge in [-0.2, -0.15) is 0 Å². The minimum Gasteiger partial charge on any atom is -0.490 e. The van der Waals surface area contributed by atoms with Gasteiger partial charge in [0.2, 0.25) is 10.0 Å². The van der Waals surface area contributed by atoms with Crippen LogP contribution < -0.4 is 19.5 Å². The number of anilines is 1. The highest BCUT2D eigenvalue weighted by molar-refractivity contribution is 7.89. The lowest BCUT2D eigenvalue weighted by molar-refractivity contribution is 0.297. The van der Waals surface area contributed by atoms with E-state index in [2.05, 4.69) is 20.2 Å². The fourth-order valence-electron chi connectivity index (χ4n) is 2.81. The van der Waals surface area contributed by atoms with Gasteiger partial charge in [-0.25, -0.2) is 13.1 Å². The number of hydrogen-bond donors (Lipinski definition) is 2. The molecule has 152 valence electrons. The van der Waals surface area contributed by atoms with Crippen molar-refractivity contribution in [3.63, 3.8) is 0 Å². The van der Waals surface area contributed by atoms with Crippen molar-refractivity contribution < 1.29 is 17.9 Å². The van der Waals surface area contributed by atoms with E-state index in [9.17, 15) is 8.42 Å². The van der Waals surface area contributed by atoms with E-state index in [4.69, 9.17) is 9.47 Å². The van der Waals surface area contributed by atoms with E-state index in [-0.39, 0.29) is 11.4 Å². The number of rotatable bonds is 7. The Morgan fingerprint density at radius 2 is 1.76 bits per heavy atom. The average Bonchev–Trinajstić information content (AvgIpc) is 3.17. The van der Waals surface area contributed by atoms with Crippen molar-refractivity contribution in [1.82, 2.24) is 19.5 Å². The molecule has 0 bridgehead atoms. The number of nitrogens with zero attached hydrogens (tertiary/aromatic N) is 3. The lowest BCUT2D eigenvalue weighted by Crippen LogP contribution is -2.29. The third-order valence-corrected chi connectivity index (χ3v) is 5.73. The highest BCUT2D eigenvalue weighted by atomic mass is 32.2. The largest absolute Gasteiger partial charge is 0.490 e. The molecule has 0 atom stereocenters. The number of nitrogens with one attached hydrogen (secondary N) is 2. The Hall–Kier alpha value is -3.11. The lowest BCUT2D eigenvalue weighted by atomic mass is 10.3. The Bertz CT molecular complexity index is 1050. The number of sulfonamides is 1. The van der Waals surface area contributed by atoms with Crippen LogP contribution in [0.1, 0.15) is 6.42 Å². The van der Waals surface area contributed by atoms with Gasteiger partial charge < -0.3 is 19.4 Å². The Balaban J connectivity index is 1.31. The molecule has 29 heavy (non-hydrogen) atoms. The number of ether oxygens (including phenoxy) is 2. The summed E-state index contributed by atoms with van der Waals surface area (Å²) in [4.78, 5) is 0.137. The van der Waals surface area contributed by atoms with Crippen LogP contribution in [0.15, 0.2) is 59.8 Å². The van der Waals surface area contributed by atoms with Crippen LogP contribution in [-0.4, -0.2) is 49.5 Å². The molecule has 0 amide bonds. The Morgan fingerprint density at radius 1 is 0.966 bits per heavy atom. The SMILES string of the molecule is O=S(=O)(NCCNc1ccc(-n2cccc2)nn1)c1ccc2c(c1)OCCCO2. The van der Waals surface area contributed by atoms with Gasteiger partial charge in [-0.05, 0) is 36.4 Å². The van der Waals surface area contributed by atoms with Crippen molar-refractivity contribution in [2.24, 2.45) is 0 Å². The van der Waals surface area contributed by atoms with Crippen LogP contribution in [0.3, 0.4) is 0 Å². The topological polar surface area (TPSA) is 107 Å². The molecule has 3 heterocycles. The molecule has 0 unspecified atom stereocenters. The molecule has 3 aromatic rings. The number of aromatic nitrogens is 3. The molecule has 1 aliphatic rings. The van der Waals surface area contributed by atoms with Crippen molar-refractivity contribution in [2.75, 3.05) is 31.6 Å². The van der Waals surface area contributed by atoms with Gasteiger partial charge in [-0.3, -0.25) is 0 Å². The minimum atomic E-state index is -3.66. The number of benzene rings is 1. The lowest BCUT2D eigenvalue weighted by Gasteiger charge is -2.11. The Kier molecular flexibility index (Phi) is 5.63. The molecule has 1 aromatic carbocycles. The second-order valence-electron chi connectivity index (χ2n) is 6.35. The standard InChI is InChI=1S/C19H21N5O4S/c25-29(26,15-4-5-16-17(14-15)28-13-3-12-27-16)21-9-8-20-18-6-7-19(23-22-18)24-10-1-2-11-24/h1-2,4-7,10-11,14,21H,3,8-9,12-13H2,(H,20,22). The summed E-state index contributed by atoms with van der Waals surface area (Å²) < 4.78 is 40.5. The van der Waals surface area contributed by atoms with Gasteiger partial charge in [0.05, 0.1) is 18.1 Å². The highest BCUT2D eigenvalue weighted by Crippen LogP contribution is 2.31. The maximum atomic E-state index is 12.5. The molecule has 9 nitrogen and oxygen atoms in total. The first-order chi connectivity index (χ1) is 14.1. The van der Waals surface area contributed by atoms with Crippen molar-refractivity contribution in [3.05, 3.63) is 54.9 Å². The maximum Gasteiger partial charge on any atom is 0.240 e. The first-order valence-electron chi connectivity index (χ1n) is 9.22. The van der Waals surface area contributed by atoms with Crippen LogP contribution >= 0.6 is 0 Å². The van der Waals surface area contributed by atoms with E-state index < -0.39 is 10.0 Å². The zero-order valence-corrected chi connectivity index (χ0v) is 16.4. The van der Waals surface area contributed by atoms with Gasteiger partial charge in [0.25, 0.3) is 0 Å². The summed E-state index contributed by atoms with van der Waals surface area (Å²) in [5.41, 5.74) is 0. The molecule has 4 rings (SSSR count). The van der Waals surface area contributed by atoms with Crippen LogP contribution in [0.4, 0.5) is 5.82 Å². The predicted molar refractivity (Wildman–Crippen MR) is 107 cm³/mol. The Morgan fingerprint density at radius 3 is 2.52 bits per heavy atom. The third-order valence-electron chi connectivity index (χ3n) is 4.27. The first-order valence-corrected chi connectivity index (χ1v) is 10.7. The molecular formula is C19H21N5O4S. The monoisotopic (exact) mass is 415 g/mol. The maximum absolute atomic E-state index is 12.5. The van der Waals surface area contributed by atoms with Gasteiger partial charge in [-0.1, -0.05) is 0 Å². The third kappa shape index (κ3) is 4.66. The van der Waals surface area contributed by atoms with Crippen molar-refractivity contribution in [3.8, 4) is 17.3 Å². The van der Waals surface area contributed by atoms with Crippen LogP contribution in [0.5, 0.6) is 11.5 Å². The molecule has 0 saturated heterocycles. The summed E-state index contributed by atoms with van der Waals surface area (Å²) in [6.45, 7) is 1.61. The van der Waals surface area contributed by atoms with Crippen LogP contribution in [0.2, 0.25) is 0 Å². The second-order valence-corrected chi connectivity index (χ2v) is 8.12. The second kappa shape index (κ2) is 8.50. The molecule has 1 aliphatic heterocycles. The van der Waals surface area contributed by atoms with Crippen LogP contribution in [0.25, 0.3) is 5.82 Å². The molecule has 0 fully saturated rings. The van der Waals surface area contributed by atoms with E-state index >= 15 is 0 Å². The van der Waals surface area contributed by atoms with Gasteiger partial charge in [-0.15, -0.1) is 10.2 Å². The smallest absolute Gasteiger partial charge is 0.240 e. The van der Waals surface area contributed by atoms with E-state index in [0.717, 1.165) is 6.42 Å². The molecule has 10 heteroatoms. The van der Waals surface area contributed by atoms with Gasteiger partial charge in [0.15, 0.2) is 17.3 Å². The average molecular weight is 415 g/mol. The summed E-state index contributed by atoms with van der Waals surface area (Å²) in [5.74, 6) is 2.28. The van der Waals surface area contributed by atoms with Crippen molar-refractivity contribution in [2.45, 2.75) is 11.3 Å². The van der Waals surface area contributed by atoms with Gasteiger partial charge in [0.1, 0.15) is 5.82 Å². The molecular weight excluding hydrogens is 394 g/mol. The first kappa shape index (κ1) is 19.2.